The molecule has 0 aliphatic carbocycles. The van der Waals surface area contributed by atoms with E-state index in [1.165, 1.54) is 44.3 Å². The summed E-state index contributed by atoms with van der Waals surface area (Å²) in [7, 11) is 0. The average Bonchev–Trinajstić information content (AvgIpc) is 3.64. The highest BCUT2D eigenvalue weighted by Crippen LogP contribution is 2.47. The molecule has 254 valence electrons. The van der Waals surface area contributed by atoms with Crippen LogP contribution in [-0.2, 0) is 0 Å². The van der Waals surface area contributed by atoms with E-state index in [1.807, 2.05) is 0 Å². The van der Waals surface area contributed by atoms with Crippen molar-refractivity contribution in [2.75, 3.05) is 4.90 Å². The quantitative estimate of drug-likeness (QED) is 0.166. The maximum absolute atomic E-state index is 6.83. The predicted molar refractivity (Wildman–Crippen MR) is 228 cm³/mol. The first-order valence-corrected chi connectivity index (χ1v) is 18.4. The third-order valence-electron chi connectivity index (χ3n) is 10.4. The number of hydrogen-bond acceptors (Lipinski definition) is 2. The normalized spacial score (nSPS) is 11.3. The number of nitrogens with zero attached hydrogens (tertiary/aromatic N) is 1. The minimum absolute atomic E-state index is 0.858. The van der Waals surface area contributed by atoms with Crippen LogP contribution in [0.1, 0.15) is 0 Å². The van der Waals surface area contributed by atoms with E-state index in [1.54, 1.807) is 0 Å². The number of para-hydroxylation sites is 1. The third kappa shape index (κ3) is 5.62. The first kappa shape index (κ1) is 31.6. The summed E-state index contributed by atoms with van der Waals surface area (Å²) in [5.74, 6) is 0. The van der Waals surface area contributed by atoms with E-state index >= 15 is 0 Å². The Kier molecular flexibility index (Phi) is 7.85. The molecule has 1 aromatic heterocycles. The van der Waals surface area contributed by atoms with Crippen LogP contribution in [0.25, 0.3) is 77.2 Å². The fourth-order valence-electron chi connectivity index (χ4n) is 7.87. The lowest BCUT2D eigenvalue weighted by Crippen LogP contribution is -2.10. The number of hydrogen-bond donors (Lipinski definition) is 0. The SMILES string of the molecule is c1ccc(-c2ccc(-c3cccc(N(c4ccccc4)c4cccc5oc6c7ccccc7c(-c7cccc(-c8ccccc8)c7)cc6c45)c3)cc2)cc1. The van der Waals surface area contributed by atoms with Gasteiger partial charge in [0.05, 0.1) is 11.1 Å². The third-order valence-corrected chi connectivity index (χ3v) is 10.4. The number of furan rings is 1. The predicted octanol–water partition coefficient (Wildman–Crippen LogP) is 14.9. The van der Waals surface area contributed by atoms with E-state index in [4.69, 9.17) is 4.42 Å². The number of fused-ring (bicyclic) bond motifs is 5. The summed E-state index contributed by atoms with van der Waals surface area (Å²) < 4.78 is 6.83. The summed E-state index contributed by atoms with van der Waals surface area (Å²) in [5, 5.41) is 4.44. The lowest BCUT2D eigenvalue weighted by atomic mass is 9.93. The van der Waals surface area contributed by atoms with Gasteiger partial charge in [0, 0.05) is 22.1 Å². The number of rotatable bonds is 7. The molecular formula is C52H35NO. The summed E-state index contributed by atoms with van der Waals surface area (Å²) in [6.07, 6.45) is 0. The molecular weight excluding hydrogens is 655 g/mol. The van der Waals surface area contributed by atoms with Crippen molar-refractivity contribution in [3.05, 3.63) is 212 Å². The van der Waals surface area contributed by atoms with Gasteiger partial charge in [-0.25, -0.2) is 0 Å². The summed E-state index contributed by atoms with van der Waals surface area (Å²) in [6.45, 7) is 0. The van der Waals surface area contributed by atoms with Gasteiger partial charge in [-0.1, -0.05) is 164 Å². The highest BCUT2D eigenvalue weighted by atomic mass is 16.3. The molecule has 0 atom stereocenters. The van der Waals surface area contributed by atoms with Crippen molar-refractivity contribution < 1.29 is 4.42 Å². The molecule has 0 spiro atoms. The topological polar surface area (TPSA) is 16.4 Å². The Balaban J connectivity index is 1.16. The highest BCUT2D eigenvalue weighted by Gasteiger charge is 2.22. The van der Waals surface area contributed by atoms with Gasteiger partial charge in [-0.3, -0.25) is 0 Å². The van der Waals surface area contributed by atoms with Crippen molar-refractivity contribution in [3.63, 3.8) is 0 Å². The van der Waals surface area contributed by atoms with E-state index in [9.17, 15) is 0 Å². The lowest BCUT2D eigenvalue weighted by molar-refractivity contribution is 0.672. The average molecular weight is 690 g/mol. The maximum Gasteiger partial charge on any atom is 0.143 e. The molecule has 2 heteroatoms. The van der Waals surface area contributed by atoms with E-state index in [0.29, 0.717) is 0 Å². The number of anilines is 3. The fourth-order valence-corrected chi connectivity index (χ4v) is 7.87. The lowest BCUT2D eigenvalue weighted by Gasteiger charge is -2.26. The molecule has 0 radical (unpaired) electrons. The van der Waals surface area contributed by atoms with Crippen molar-refractivity contribution in [3.8, 4) is 44.5 Å². The zero-order valence-corrected chi connectivity index (χ0v) is 29.6. The van der Waals surface area contributed by atoms with Crippen LogP contribution in [0.15, 0.2) is 217 Å². The Morgan fingerprint density at radius 1 is 0.315 bits per heavy atom. The minimum atomic E-state index is 0.858. The van der Waals surface area contributed by atoms with Gasteiger partial charge < -0.3 is 9.32 Å². The fraction of sp³-hybridized carbons (Fsp3) is 0. The minimum Gasteiger partial charge on any atom is -0.455 e. The molecule has 0 aliphatic rings. The molecule has 0 saturated carbocycles. The van der Waals surface area contributed by atoms with Crippen molar-refractivity contribution in [1.29, 1.82) is 0 Å². The second-order valence-electron chi connectivity index (χ2n) is 13.7. The molecule has 0 N–H and O–H groups in total. The molecule has 0 aliphatic heterocycles. The Morgan fingerprint density at radius 2 is 0.815 bits per heavy atom. The van der Waals surface area contributed by atoms with E-state index in [-0.39, 0.29) is 0 Å². The van der Waals surface area contributed by atoms with Crippen LogP contribution < -0.4 is 4.90 Å². The monoisotopic (exact) mass is 689 g/mol. The molecule has 10 rings (SSSR count). The van der Waals surface area contributed by atoms with Crippen molar-refractivity contribution in [2.45, 2.75) is 0 Å². The zero-order valence-electron chi connectivity index (χ0n) is 29.6. The molecule has 2 nitrogen and oxygen atoms in total. The molecule has 54 heavy (non-hydrogen) atoms. The van der Waals surface area contributed by atoms with E-state index in [2.05, 4.69) is 217 Å². The molecule has 0 bridgehead atoms. The van der Waals surface area contributed by atoms with Crippen LogP contribution in [0.5, 0.6) is 0 Å². The first-order chi connectivity index (χ1) is 26.8. The molecule has 10 aromatic rings. The van der Waals surface area contributed by atoms with Gasteiger partial charge in [0.25, 0.3) is 0 Å². The Hall–Kier alpha value is -7.16. The van der Waals surface area contributed by atoms with Gasteiger partial charge in [-0.2, -0.15) is 0 Å². The largest absolute Gasteiger partial charge is 0.455 e. The van der Waals surface area contributed by atoms with Crippen LogP contribution in [-0.4, -0.2) is 0 Å². The van der Waals surface area contributed by atoms with Crippen LogP contribution >= 0.6 is 0 Å². The Morgan fingerprint density at radius 3 is 1.54 bits per heavy atom. The molecule has 0 unspecified atom stereocenters. The van der Waals surface area contributed by atoms with E-state index in [0.717, 1.165) is 50.0 Å². The van der Waals surface area contributed by atoms with E-state index < -0.39 is 0 Å². The summed E-state index contributed by atoms with van der Waals surface area (Å²) in [4.78, 5) is 2.37. The second-order valence-corrected chi connectivity index (χ2v) is 13.7. The summed E-state index contributed by atoms with van der Waals surface area (Å²) in [6, 6.07) is 75.7. The molecule has 1 heterocycles. The van der Waals surface area contributed by atoms with Crippen LogP contribution in [0.2, 0.25) is 0 Å². The van der Waals surface area contributed by atoms with Crippen molar-refractivity contribution >= 4 is 49.8 Å². The van der Waals surface area contributed by atoms with Crippen LogP contribution in [0.3, 0.4) is 0 Å². The maximum atomic E-state index is 6.83. The Bertz CT molecular complexity index is 2910. The van der Waals surface area contributed by atoms with Gasteiger partial charge in [0.2, 0.25) is 0 Å². The van der Waals surface area contributed by atoms with Crippen molar-refractivity contribution in [2.24, 2.45) is 0 Å². The van der Waals surface area contributed by atoms with Crippen LogP contribution in [0.4, 0.5) is 17.1 Å². The summed E-state index contributed by atoms with van der Waals surface area (Å²) >= 11 is 0. The summed E-state index contributed by atoms with van der Waals surface area (Å²) in [5.41, 5.74) is 14.5. The van der Waals surface area contributed by atoms with Gasteiger partial charge in [-0.05, 0) is 98.4 Å². The highest BCUT2D eigenvalue weighted by molar-refractivity contribution is 6.22. The van der Waals surface area contributed by atoms with Gasteiger partial charge in [0.1, 0.15) is 11.2 Å². The zero-order chi connectivity index (χ0) is 35.8. The molecule has 0 fully saturated rings. The van der Waals surface area contributed by atoms with Crippen molar-refractivity contribution in [1.82, 2.24) is 0 Å². The van der Waals surface area contributed by atoms with Gasteiger partial charge in [0.15, 0.2) is 0 Å². The smallest absolute Gasteiger partial charge is 0.143 e. The second kappa shape index (κ2) is 13.4. The number of benzene rings is 9. The molecule has 0 amide bonds. The molecule has 9 aromatic carbocycles. The first-order valence-electron chi connectivity index (χ1n) is 18.4. The molecule has 0 saturated heterocycles. The Labute approximate surface area is 314 Å². The van der Waals surface area contributed by atoms with Crippen LogP contribution in [0, 0.1) is 0 Å². The standard InChI is InChI=1S/C52H35NO/c1-4-15-36(16-5-1)38-29-31-39(32-30-38)41-20-13-24-44(34-41)53(43-22-8-3-9-23-43)49-27-14-28-50-51(49)48-35-47(45-25-10-11-26-46(45)52(48)54-50)42-21-12-19-40(33-42)37-17-6-2-7-18-37/h1-35H. The van der Waals surface area contributed by atoms with Gasteiger partial charge >= 0.3 is 0 Å². The van der Waals surface area contributed by atoms with Gasteiger partial charge in [-0.15, -0.1) is 0 Å².